The fourth-order valence-electron chi connectivity index (χ4n) is 3.60. The van der Waals surface area contributed by atoms with E-state index in [-0.39, 0.29) is 0 Å². The first-order valence-corrected chi connectivity index (χ1v) is 10.9. The number of hydrogen-bond acceptors (Lipinski definition) is 3. The van der Waals surface area contributed by atoms with Gasteiger partial charge in [-0.2, -0.15) is 0 Å². The Hall–Kier alpha value is -2.92. The number of aliphatic imine (C=N–C) groups is 1. The van der Waals surface area contributed by atoms with Crippen molar-refractivity contribution < 1.29 is 0 Å². The number of rotatable bonds is 6. The second kappa shape index (κ2) is 10.4. The largest absolute Gasteiger partial charge is 0.384 e. The van der Waals surface area contributed by atoms with Crippen LogP contribution in [0.25, 0.3) is 17.2 Å². The van der Waals surface area contributed by atoms with E-state index in [1.165, 1.54) is 16.7 Å². The van der Waals surface area contributed by atoms with Gasteiger partial charge in [0.2, 0.25) is 0 Å². The molecule has 0 atom stereocenters. The molecule has 1 aliphatic heterocycles. The van der Waals surface area contributed by atoms with Crippen molar-refractivity contribution in [2.24, 2.45) is 10.7 Å². The van der Waals surface area contributed by atoms with Crippen molar-refractivity contribution in [1.82, 2.24) is 10.2 Å². The van der Waals surface area contributed by atoms with Crippen LogP contribution in [0.5, 0.6) is 0 Å². The highest BCUT2D eigenvalue weighted by atomic mass is 35.5. The van der Waals surface area contributed by atoms with E-state index in [1.54, 1.807) is 12.1 Å². The Balaban J connectivity index is 1.37. The van der Waals surface area contributed by atoms with Crippen LogP contribution in [0.3, 0.4) is 0 Å². The molecule has 0 bridgehead atoms. The SMILES string of the molecule is NC(C=Cc1ccc(-c2ccc(CN3CCNCC3)cc2)cc1)=Nc1ccc(Cl)cc1. The molecular formula is C26H27ClN4. The van der Waals surface area contributed by atoms with E-state index in [0.29, 0.717) is 10.9 Å². The smallest absolute Gasteiger partial charge is 0.124 e. The minimum atomic E-state index is 0.450. The highest BCUT2D eigenvalue weighted by Gasteiger charge is 2.09. The average Bonchev–Trinajstić information content (AvgIpc) is 2.81. The summed E-state index contributed by atoms with van der Waals surface area (Å²) in [5.41, 5.74) is 11.7. The van der Waals surface area contributed by atoms with Gasteiger partial charge in [0.1, 0.15) is 5.84 Å². The molecule has 3 aromatic rings. The lowest BCUT2D eigenvalue weighted by Gasteiger charge is -2.27. The Labute approximate surface area is 189 Å². The van der Waals surface area contributed by atoms with E-state index in [0.717, 1.165) is 44.0 Å². The van der Waals surface area contributed by atoms with Crippen LogP contribution >= 0.6 is 11.6 Å². The molecule has 0 aromatic heterocycles. The first-order valence-electron chi connectivity index (χ1n) is 10.6. The number of nitrogens with one attached hydrogen (secondary N) is 1. The highest BCUT2D eigenvalue weighted by Crippen LogP contribution is 2.22. The van der Waals surface area contributed by atoms with Gasteiger partial charge in [-0.3, -0.25) is 4.90 Å². The summed E-state index contributed by atoms with van der Waals surface area (Å²) < 4.78 is 0. The van der Waals surface area contributed by atoms with E-state index in [4.69, 9.17) is 17.3 Å². The maximum absolute atomic E-state index is 6.02. The summed E-state index contributed by atoms with van der Waals surface area (Å²) in [5, 5.41) is 4.08. The van der Waals surface area contributed by atoms with E-state index in [9.17, 15) is 0 Å². The topological polar surface area (TPSA) is 53.6 Å². The van der Waals surface area contributed by atoms with Crippen molar-refractivity contribution in [2.75, 3.05) is 26.2 Å². The maximum atomic E-state index is 6.02. The van der Waals surface area contributed by atoms with Gasteiger partial charge in [-0.25, -0.2) is 4.99 Å². The molecule has 0 saturated carbocycles. The van der Waals surface area contributed by atoms with Crippen LogP contribution in [-0.2, 0) is 6.54 Å². The van der Waals surface area contributed by atoms with Gasteiger partial charge < -0.3 is 11.1 Å². The number of piperazine rings is 1. The summed E-state index contributed by atoms with van der Waals surface area (Å²) in [6.45, 7) is 5.41. The normalized spacial score (nSPS) is 15.5. The number of nitrogens with zero attached hydrogens (tertiary/aromatic N) is 2. The Morgan fingerprint density at radius 1 is 0.903 bits per heavy atom. The Bertz CT molecular complexity index is 1030. The molecule has 0 amide bonds. The Morgan fingerprint density at radius 3 is 2.16 bits per heavy atom. The number of amidine groups is 1. The van der Waals surface area contributed by atoms with E-state index >= 15 is 0 Å². The second-order valence-corrected chi connectivity index (χ2v) is 8.13. The van der Waals surface area contributed by atoms with Gasteiger partial charge in [-0.15, -0.1) is 0 Å². The molecule has 3 N–H and O–H groups in total. The monoisotopic (exact) mass is 430 g/mol. The van der Waals surface area contributed by atoms with E-state index in [2.05, 4.69) is 63.7 Å². The molecule has 0 unspecified atom stereocenters. The maximum Gasteiger partial charge on any atom is 0.124 e. The minimum absolute atomic E-state index is 0.450. The zero-order valence-corrected chi connectivity index (χ0v) is 18.2. The van der Waals surface area contributed by atoms with Crippen LogP contribution in [0.1, 0.15) is 11.1 Å². The molecule has 0 spiro atoms. The van der Waals surface area contributed by atoms with E-state index < -0.39 is 0 Å². The van der Waals surface area contributed by atoms with Gasteiger partial charge in [-0.1, -0.05) is 66.2 Å². The van der Waals surface area contributed by atoms with Gasteiger partial charge in [-0.05, 0) is 52.6 Å². The van der Waals surface area contributed by atoms with Crippen molar-refractivity contribution in [3.8, 4) is 11.1 Å². The molecule has 4 rings (SSSR count). The summed E-state index contributed by atoms with van der Waals surface area (Å²) in [6, 6.07) is 24.6. The number of nitrogens with two attached hydrogens (primary N) is 1. The quantitative estimate of drug-likeness (QED) is 0.422. The van der Waals surface area contributed by atoms with Crippen LogP contribution in [0.2, 0.25) is 5.02 Å². The third-order valence-corrected chi connectivity index (χ3v) is 5.60. The van der Waals surface area contributed by atoms with Crippen molar-refractivity contribution >= 4 is 29.2 Å². The van der Waals surface area contributed by atoms with Gasteiger partial charge in [0, 0.05) is 37.7 Å². The van der Waals surface area contributed by atoms with E-state index in [1.807, 2.05) is 24.3 Å². The zero-order valence-electron chi connectivity index (χ0n) is 17.5. The van der Waals surface area contributed by atoms with Gasteiger partial charge in [0.25, 0.3) is 0 Å². The molecule has 1 heterocycles. The predicted octanol–water partition coefficient (Wildman–Crippen LogP) is 5.11. The number of hydrogen-bond donors (Lipinski definition) is 2. The fourth-order valence-corrected chi connectivity index (χ4v) is 3.73. The van der Waals surface area contributed by atoms with Crippen LogP contribution in [0.4, 0.5) is 5.69 Å². The molecular weight excluding hydrogens is 404 g/mol. The fraction of sp³-hybridized carbons (Fsp3) is 0.192. The third-order valence-electron chi connectivity index (χ3n) is 5.35. The summed E-state index contributed by atoms with van der Waals surface area (Å²) >= 11 is 5.90. The third kappa shape index (κ3) is 6.28. The second-order valence-electron chi connectivity index (χ2n) is 7.69. The highest BCUT2D eigenvalue weighted by molar-refractivity contribution is 6.30. The van der Waals surface area contributed by atoms with Gasteiger partial charge in [0.15, 0.2) is 0 Å². The van der Waals surface area contributed by atoms with Crippen LogP contribution < -0.4 is 11.1 Å². The Morgan fingerprint density at radius 2 is 1.52 bits per heavy atom. The first-order chi connectivity index (χ1) is 15.2. The molecule has 4 nitrogen and oxygen atoms in total. The first kappa shape index (κ1) is 21.3. The predicted molar refractivity (Wildman–Crippen MR) is 132 cm³/mol. The molecule has 1 aliphatic rings. The molecule has 1 saturated heterocycles. The molecule has 31 heavy (non-hydrogen) atoms. The minimum Gasteiger partial charge on any atom is -0.384 e. The van der Waals surface area contributed by atoms with Crippen LogP contribution in [0, 0.1) is 0 Å². The number of halogens is 1. The number of benzene rings is 3. The van der Waals surface area contributed by atoms with Crippen molar-refractivity contribution in [1.29, 1.82) is 0 Å². The van der Waals surface area contributed by atoms with Crippen molar-refractivity contribution in [3.63, 3.8) is 0 Å². The van der Waals surface area contributed by atoms with Gasteiger partial charge in [0.05, 0.1) is 5.69 Å². The van der Waals surface area contributed by atoms with Crippen LogP contribution in [0.15, 0.2) is 83.9 Å². The van der Waals surface area contributed by atoms with Crippen molar-refractivity contribution in [2.45, 2.75) is 6.54 Å². The molecule has 5 heteroatoms. The summed E-state index contributed by atoms with van der Waals surface area (Å²) in [6.07, 6.45) is 3.78. The summed E-state index contributed by atoms with van der Waals surface area (Å²) in [7, 11) is 0. The summed E-state index contributed by atoms with van der Waals surface area (Å²) in [4.78, 5) is 6.87. The lowest BCUT2D eigenvalue weighted by molar-refractivity contribution is 0.233. The zero-order chi connectivity index (χ0) is 21.5. The average molecular weight is 431 g/mol. The summed E-state index contributed by atoms with van der Waals surface area (Å²) in [5.74, 6) is 0.450. The molecule has 158 valence electrons. The lowest BCUT2D eigenvalue weighted by atomic mass is 10.0. The molecule has 0 aliphatic carbocycles. The molecule has 3 aromatic carbocycles. The molecule has 1 fully saturated rings. The van der Waals surface area contributed by atoms with Crippen LogP contribution in [-0.4, -0.2) is 36.9 Å². The molecule has 0 radical (unpaired) electrons. The lowest BCUT2D eigenvalue weighted by Crippen LogP contribution is -2.42. The van der Waals surface area contributed by atoms with Crippen molar-refractivity contribution in [3.05, 3.63) is 95.0 Å². The standard InChI is InChI=1S/C26H27ClN4/c27-24-10-12-25(13-11-24)30-26(28)14-5-20-1-6-22(7-2-20)23-8-3-21(4-9-23)19-31-17-15-29-16-18-31/h1-14,29H,15-19H2,(H2,28,30). The van der Waals surface area contributed by atoms with Gasteiger partial charge >= 0.3 is 0 Å². The Kier molecular flexibility index (Phi) is 7.15.